The number of methoxy groups -OCH3 is 1. The molecule has 0 spiro atoms. The number of carbonyl (C=O) groups excluding carboxylic acids is 1. The minimum atomic E-state index is -0.696. The SMILES string of the molecule is COC(=O)c1ccc(CCO)cc1F. The molecule has 0 aliphatic carbocycles. The average molecular weight is 198 g/mol. The molecule has 0 aliphatic rings. The molecule has 0 atom stereocenters. The molecule has 0 fully saturated rings. The van der Waals surface area contributed by atoms with Gasteiger partial charge < -0.3 is 9.84 Å². The fourth-order valence-electron chi connectivity index (χ4n) is 1.12. The first-order valence-corrected chi connectivity index (χ1v) is 4.16. The lowest BCUT2D eigenvalue weighted by Gasteiger charge is -2.03. The van der Waals surface area contributed by atoms with Crippen LogP contribution >= 0.6 is 0 Å². The zero-order chi connectivity index (χ0) is 10.6. The van der Waals surface area contributed by atoms with Crippen molar-refractivity contribution in [1.82, 2.24) is 0 Å². The van der Waals surface area contributed by atoms with Crippen molar-refractivity contribution in [3.05, 3.63) is 35.1 Å². The van der Waals surface area contributed by atoms with Crippen LogP contribution in [0, 0.1) is 5.82 Å². The number of ether oxygens (including phenoxy) is 1. The highest BCUT2D eigenvalue weighted by Crippen LogP contribution is 2.11. The van der Waals surface area contributed by atoms with Crippen molar-refractivity contribution < 1.29 is 19.0 Å². The molecule has 1 rings (SSSR count). The molecule has 76 valence electrons. The van der Waals surface area contributed by atoms with Crippen LogP contribution in [0.15, 0.2) is 18.2 Å². The van der Waals surface area contributed by atoms with Crippen LogP contribution in [0.4, 0.5) is 4.39 Å². The van der Waals surface area contributed by atoms with Gasteiger partial charge in [-0.3, -0.25) is 0 Å². The number of aliphatic hydroxyl groups is 1. The maximum absolute atomic E-state index is 13.2. The van der Waals surface area contributed by atoms with Crippen molar-refractivity contribution in [3.63, 3.8) is 0 Å². The van der Waals surface area contributed by atoms with Gasteiger partial charge in [0.1, 0.15) is 5.82 Å². The van der Waals surface area contributed by atoms with E-state index in [1.54, 1.807) is 6.07 Å². The van der Waals surface area contributed by atoms with Crippen LogP contribution in [-0.2, 0) is 11.2 Å². The normalized spacial score (nSPS) is 9.93. The smallest absolute Gasteiger partial charge is 0.340 e. The number of hydrogen-bond acceptors (Lipinski definition) is 3. The number of halogens is 1. The number of carbonyl (C=O) groups is 1. The monoisotopic (exact) mass is 198 g/mol. The molecule has 14 heavy (non-hydrogen) atoms. The van der Waals surface area contributed by atoms with Gasteiger partial charge >= 0.3 is 5.97 Å². The zero-order valence-corrected chi connectivity index (χ0v) is 7.79. The summed E-state index contributed by atoms with van der Waals surface area (Å²) < 4.78 is 17.6. The molecule has 0 aromatic heterocycles. The van der Waals surface area contributed by atoms with E-state index in [1.807, 2.05) is 0 Å². The standard InChI is InChI=1S/C10H11FO3/c1-14-10(13)8-3-2-7(4-5-12)6-9(8)11/h2-3,6,12H,4-5H2,1H3. The highest BCUT2D eigenvalue weighted by molar-refractivity contribution is 5.89. The summed E-state index contributed by atoms with van der Waals surface area (Å²) in [6, 6.07) is 4.17. The predicted octanol–water partition coefficient (Wildman–Crippen LogP) is 1.15. The summed E-state index contributed by atoms with van der Waals surface area (Å²) in [5.74, 6) is -1.32. The Hall–Kier alpha value is -1.42. The quantitative estimate of drug-likeness (QED) is 0.741. The van der Waals surface area contributed by atoms with E-state index >= 15 is 0 Å². The molecule has 0 unspecified atom stereocenters. The second-order valence-electron chi connectivity index (χ2n) is 2.78. The first-order chi connectivity index (χ1) is 6.69. The molecule has 1 aromatic rings. The third-order valence-corrected chi connectivity index (χ3v) is 1.84. The second kappa shape index (κ2) is 4.72. The maximum atomic E-state index is 13.2. The minimum absolute atomic E-state index is 0.0446. The average Bonchev–Trinajstić information content (AvgIpc) is 2.17. The largest absolute Gasteiger partial charge is 0.465 e. The molecule has 3 nitrogen and oxygen atoms in total. The van der Waals surface area contributed by atoms with Crippen LogP contribution in [-0.4, -0.2) is 24.8 Å². The van der Waals surface area contributed by atoms with Crippen LogP contribution < -0.4 is 0 Å². The van der Waals surface area contributed by atoms with Crippen molar-refractivity contribution in [1.29, 1.82) is 0 Å². The summed E-state index contributed by atoms with van der Waals surface area (Å²) in [4.78, 5) is 11.0. The first-order valence-electron chi connectivity index (χ1n) is 4.16. The Morgan fingerprint density at radius 2 is 2.29 bits per heavy atom. The molecule has 1 aromatic carbocycles. The van der Waals surface area contributed by atoms with E-state index in [9.17, 15) is 9.18 Å². The third-order valence-electron chi connectivity index (χ3n) is 1.84. The summed E-state index contributed by atoms with van der Waals surface area (Å²) in [6.45, 7) is -0.0446. The van der Waals surface area contributed by atoms with Crippen LogP contribution in [0.3, 0.4) is 0 Å². The van der Waals surface area contributed by atoms with Crippen molar-refractivity contribution in [2.24, 2.45) is 0 Å². The Balaban J connectivity index is 2.95. The number of esters is 1. The van der Waals surface area contributed by atoms with Gasteiger partial charge in [0, 0.05) is 6.61 Å². The number of benzene rings is 1. The van der Waals surface area contributed by atoms with Gasteiger partial charge in [0.25, 0.3) is 0 Å². The number of aliphatic hydroxyl groups excluding tert-OH is 1. The van der Waals surface area contributed by atoms with E-state index in [4.69, 9.17) is 5.11 Å². The lowest BCUT2D eigenvalue weighted by molar-refractivity contribution is 0.0595. The van der Waals surface area contributed by atoms with Gasteiger partial charge in [-0.05, 0) is 24.1 Å². The molecule has 0 heterocycles. The van der Waals surface area contributed by atoms with Crippen molar-refractivity contribution in [2.75, 3.05) is 13.7 Å². The third kappa shape index (κ3) is 2.29. The van der Waals surface area contributed by atoms with Crippen LogP contribution in [0.25, 0.3) is 0 Å². The summed E-state index contributed by atoms with van der Waals surface area (Å²) >= 11 is 0. The summed E-state index contributed by atoms with van der Waals surface area (Å²) in [6.07, 6.45) is 0.373. The van der Waals surface area contributed by atoms with Gasteiger partial charge in [-0.2, -0.15) is 0 Å². The number of hydrogen-bond donors (Lipinski definition) is 1. The van der Waals surface area contributed by atoms with Crippen LogP contribution in [0.5, 0.6) is 0 Å². The minimum Gasteiger partial charge on any atom is -0.465 e. The fourth-order valence-corrected chi connectivity index (χ4v) is 1.12. The van der Waals surface area contributed by atoms with Gasteiger partial charge in [-0.1, -0.05) is 6.07 Å². The van der Waals surface area contributed by atoms with Crippen molar-refractivity contribution in [3.8, 4) is 0 Å². The summed E-state index contributed by atoms with van der Waals surface area (Å²) in [7, 11) is 1.20. The summed E-state index contributed by atoms with van der Waals surface area (Å²) in [5.41, 5.74) is 0.562. The number of rotatable bonds is 3. The van der Waals surface area contributed by atoms with E-state index in [1.165, 1.54) is 19.2 Å². The molecular weight excluding hydrogens is 187 g/mol. The van der Waals surface area contributed by atoms with Gasteiger partial charge in [0.2, 0.25) is 0 Å². The second-order valence-corrected chi connectivity index (χ2v) is 2.78. The lowest BCUT2D eigenvalue weighted by Crippen LogP contribution is -2.05. The van der Waals surface area contributed by atoms with E-state index in [0.29, 0.717) is 12.0 Å². The first kappa shape index (κ1) is 10.7. The Morgan fingerprint density at radius 1 is 1.57 bits per heavy atom. The molecule has 0 amide bonds. The molecule has 0 saturated heterocycles. The molecule has 0 bridgehead atoms. The van der Waals surface area contributed by atoms with Crippen molar-refractivity contribution in [2.45, 2.75) is 6.42 Å². The van der Waals surface area contributed by atoms with Crippen molar-refractivity contribution >= 4 is 5.97 Å². The Morgan fingerprint density at radius 3 is 2.79 bits per heavy atom. The molecule has 0 radical (unpaired) electrons. The molecule has 0 saturated carbocycles. The molecule has 1 N–H and O–H groups in total. The molecular formula is C10H11FO3. The fraction of sp³-hybridized carbons (Fsp3) is 0.300. The van der Waals surface area contributed by atoms with Gasteiger partial charge in [0.15, 0.2) is 0 Å². The van der Waals surface area contributed by atoms with Crippen LogP contribution in [0.1, 0.15) is 15.9 Å². The zero-order valence-electron chi connectivity index (χ0n) is 7.79. The van der Waals surface area contributed by atoms with E-state index in [-0.39, 0.29) is 12.2 Å². The Labute approximate surface area is 81.1 Å². The maximum Gasteiger partial charge on any atom is 0.340 e. The molecule has 4 heteroatoms. The highest BCUT2D eigenvalue weighted by atomic mass is 19.1. The Kier molecular flexibility index (Phi) is 3.59. The lowest BCUT2D eigenvalue weighted by atomic mass is 10.1. The molecule has 0 aliphatic heterocycles. The van der Waals surface area contributed by atoms with E-state index in [0.717, 1.165) is 0 Å². The van der Waals surface area contributed by atoms with E-state index < -0.39 is 11.8 Å². The topological polar surface area (TPSA) is 46.5 Å². The van der Waals surface area contributed by atoms with Gasteiger partial charge in [0.05, 0.1) is 12.7 Å². The summed E-state index contributed by atoms with van der Waals surface area (Å²) in [5, 5.41) is 8.62. The van der Waals surface area contributed by atoms with Crippen LogP contribution in [0.2, 0.25) is 0 Å². The van der Waals surface area contributed by atoms with E-state index in [2.05, 4.69) is 4.74 Å². The highest BCUT2D eigenvalue weighted by Gasteiger charge is 2.11. The van der Waals surface area contributed by atoms with Gasteiger partial charge in [-0.15, -0.1) is 0 Å². The Bertz CT molecular complexity index is 336. The predicted molar refractivity (Wildman–Crippen MR) is 48.5 cm³/mol. The van der Waals surface area contributed by atoms with Gasteiger partial charge in [-0.25, -0.2) is 9.18 Å².